The van der Waals surface area contributed by atoms with Gasteiger partial charge in [0.25, 0.3) is 5.91 Å². The molecule has 2 aliphatic rings. The highest BCUT2D eigenvalue weighted by atomic mass is 19.4. The Kier molecular flexibility index (Phi) is 6.31. The van der Waals surface area contributed by atoms with E-state index in [1.807, 2.05) is 0 Å². The number of hydrogen-bond acceptors (Lipinski definition) is 6. The fourth-order valence-corrected chi connectivity index (χ4v) is 4.99. The topological polar surface area (TPSA) is 78.7 Å². The third-order valence-electron chi connectivity index (χ3n) is 6.82. The van der Waals surface area contributed by atoms with Crippen molar-refractivity contribution in [1.29, 1.82) is 0 Å². The van der Waals surface area contributed by atoms with E-state index in [1.165, 1.54) is 59.2 Å². The largest absolute Gasteiger partial charge is 0.586 e. The minimum Gasteiger partial charge on any atom is -0.482 e. The molecule has 1 aliphatic heterocycles. The van der Waals surface area contributed by atoms with Crippen molar-refractivity contribution in [3.63, 3.8) is 0 Å². The lowest BCUT2D eigenvalue weighted by atomic mass is 9.93. The summed E-state index contributed by atoms with van der Waals surface area (Å²) < 4.78 is 85.1. The number of aromatic nitrogens is 3. The normalized spacial score (nSPS) is 17.2. The summed E-state index contributed by atoms with van der Waals surface area (Å²) in [4.78, 5) is 18.6. The molecule has 1 atom stereocenters. The summed E-state index contributed by atoms with van der Waals surface area (Å²) in [6.45, 7) is 0. The highest BCUT2D eigenvalue weighted by Gasteiger charge is 2.44. The number of halogens is 5. The predicted molar refractivity (Wildman–Crippen MR) is 134 cm³/mol. The number of rotatable bonds is 5. The van der Waals surface area contributed by atoms with Gasteiger partial charge in [-0.25, -0.2) is 4.68 Å². The number of carbonyl (C=O) groups excluding carboxylic acids is 1. The maximum atomic E-state index is 14.0. The highest BCUT2D eigenvalue weighted by molar-refractivity contribution is 6.06. The maximum Gasteiger partial charge on any atom is 0.586 e. The lowest BCUT2D eigenvalue weighted by molar-refractivity contribution is -0.286. The van der Waals surface area contributed by atoms with Crippen molar-refractivity contribution in [2.75, 3.05) is 11.9 Å². The molecule has 0 unspecified atom stereocenters. The van der Waals surface area contributed by atoms with Crippen molar-refractivity contribution < 1.29 is 41.0 Å². The molecule has 41 heavy (non-hydrogen) atoms. The van der Waals surface area contributed by atoms with Gasteiger partial charge in [0.15, 0.2) is 17.2 Å². The third kappa shape index (κ3) is 5.03. The molecule has 2 aromatic heterocycles. The Morgan fingerprint density at radius 3 is 2.66 bits per heavy atom. The summed E-state index contributed by atoms with van der Waals surface area (Å²) in [6.07, 6.45) is -5.12. The minimum atomic E-state index is -4.70. The van der Waals surface area contributed by atoms with E-state index in [-0.39, 0.29) is 46.1 Å². The molecule has 1 aliphatic carbocycles. The van der Waals surface area contributed by atoms with Crippen LogP contribution in [0.5, 0.6) is 17.2 Å². The summed E-state index contributed by atoms with van der Waals surface area (Å²) >= 11 is 0. The van der Waals surface area contributed by atoms with Crippen molar-refractivity contribution in [3.8, 4) is 22.9 Å². The number of ether oxygens (including phenoxy) is 3. The molecular weight excluding hydrogens is 551 g/mol. The van der Waals surface area contributed by atoms with Crippen molar-refractivity contribution in [1.82, 2.24) is 14.8 Å². The smallest absolute Gasteiger partial charge is 0.482 e. The van der Waals surface area contributed by atoms with Crippen LogP contribution in [0.2, 0.25) is 0 Å². The second-order valence-corrected chi connectivity index (χ2v) is 9.52. The van der Waals surface area contributed by atoms with Crippen LogP contribution in [0.15, 0.2) is 67.0 Å². The van der Waals surface area contributed by atoms with Crippen LogP contribution in [0.1, 0.15) is 46.3 Å². The van der Waals surface area contributed by atoms with Crippen LogP contribution in [0.4, 0.5) is 27.6 Å². The van der Waals surface area contributed by atoms with Crippen molar-refractivity contribution in [2.24, 2.45) is 0 Å². The van der Waals surface area contributed by atoms with Gasteiger partial charge < -0.3 is 19.1 Å². The molecule has 0 saturated heterocycles. The van der Waals surface area contributed by atoms with Gasteiger partial charge in [0.1, 0.15) is 11.9 Å². The van der Waals surface area contributed by atoms with Crippen LogP contribution in [-0.2, 0) is 12.6 Å². The van der Waals surface area contributed by atoms with Crippen molar-refractivity contribution in [2.45, 2.75) is 37.8 Å². The Morgan fingerprint density at radius 2 is 1.90 bits per heavy atom. The van der Waals surface area contributed by atoms with E-state index in [0.717, 1.165) is 0 Å². The number of benzene rings is 2. The van der Waals surface area contributed by atoms with Gasteiger partial charge in [0, 0.05) is 36.1 Å². The first-order valence-corrected chi connectivity index (χ1v) is 12.5. The van der Waals surface area contributed by atoms with Gasteiger partial charge in [-0.3, -0.25) is 9.78 Å². The SMILES string of the molecule is CN(C(=O)c1cccc(-n2nc(C(F)(F)F)c3c2[C@H](Oc2cccnc2)CCC3)c1)c1ccc2c(c1)OC(F)(F)O2. The van der Waals surface area contributed by atoms with Crippen LogP contribution >= 0.6 is 0 Å². The number of alkyl halides is 5. The van der Waals surface area contributed by atoms with Crippen molar-refractivity contribution in [3.05, 3.63) is 89.5 Å². The minimum absolute atomic E-state index is 0.0450. The van der Waals surface area contributed by atoms with Gasteiger partial charge >= 0.3 is 12.5 Å². The van der Waals surface area contributed by atoms with Crippen molar-refractivity contribution >= 4 is 11.6 Å². The number of amides is 1. The molecule has 0 radical (unpaired) electrons. The highest BCUT2D eigenvalue weighted by Crippen LogP contribution is 2.44. The van der Waals surface area contributed by atoms with Crippen LogP contribution in [0, 0.1) is 0 Å². The molecule has 8 nitrogen and oxygen atoms in total. The Hall–Kier alpha value is -4.68. The zero-order chi connectivity index (χ0) is 28.9. The van der Waals surface area contributed by atoms with Gasteiger partial charge in [0.2, 0.25) is 0 Å². The molecule has 2 aromatic carbocycles. The molecule has 13 heteroatoms. The first-order chi connectivity index (χ1) is 19.5. The van der Waals surface area contributed by atoms with E-state index >= 15 is 0 Å². The summed E-state index contributed by atoms with van der Waals surface area (Å²) in [5, 5.41) is 3.95. The average Bonchev–Trinajstić information content (AvgIpc) is 3.49. The number of fused-ring (bicyclic) bond motifs is 2. The van der Waals surface area contributed by atoms with E-state index in [0.29, 0.717) is 18.6 Å². The van der Waals surface area contributed by atoms with Gasteiger partial charge in [-0.15, -0.1) is 8.78 Å². The Labute approximate surface area is 229 Å². The molecule has 1 amide bonds. The molecule has 0 N–H and O–H groups in total. The molecule has 212 valence electrons. The molecular formula is C28H21F5N4O4. The molecule has 6 rings (SSSR count). The van der Waals surface area contributed by atoms with E-state index in [2.05, 4.69) is 19.6 Å². The number of nitrogens with zero attached hydrogens (tertiary/aromatic N) is 4. The zero-order valence-corrected chi connectivity index (χ0v) is 21.4. The number of anilines is 1. The second kappa shape index (κ2) is 9.75. The Bertz CT molecular complexity index is 1620. The van der Waals surface area contributed by atoms with Gasteiger partial charge in [0.05, 0.1) is 17.6 Å². The number of carbonyl (C=O) groups is 1. The molecule has 0 bridgehead atoms. The van der Waals surface area contributed by atoms with E-state index in [4.69, 9.17) is 4.74 Å². The maximum absolute atomic E-state index is 14.0. The summed E-state index contributed by atoms with van der Waals surface area (Å²) in [6, 6.07) is 13.2. The Balaban J connectivity index is 1.36. The average molecular weight is 572 g/mol. The van der Waals surface area contributed by atoms with Gasteiger partial charge in [-0.05, 0) is 61.7 Å². The summed E-state index contributed by atoms with van der Waals surface area (Å²) in [7, 11) is 1.43. The lowest BCUT2D eigenvalue weighted by Gasteiger charge is -2.25. The standard InChI is InChI=1S/C28H21F5N4O4/c1-36(17-10-11-21-23(14-17)41-28(32,33)40-21)26(38)16-5-2-6-18(13-16)37-24-20(25(35-37)27(29,30)31)8-3-9-22(24)39-19-7-4-12-34-15-19/h2,4-7,10-15,22H,3,8-9H2,1H3/t22-/m1/s1. The molecule has 0 spiro atoms. The summed E-state index contributed by atoms with van der Waals surface area (Å²) in [5.74, 6) is -0.548. The summed E-state index contributed by atoms with van der Waals surface area (Å²) in [5.41, 5.74) is -0.112. The zero-order valence-electron chi connectivity index (χ0n) is 21.4. The van der Waals surface area contributed by atoms with Gasteiger partial charge in [-0.2, -0.15) is 18.3 Å². The molecule has 3 heterocycles. The molecule has 4 aromatic rings. The number of hydrogen-bond donors (Lipinski definition) is 0. The fourth-order valence-electron chi connectivity index (χ4n) is 4.99. The number of pyridine rings is 1. The molecule has 0 saturated carbocycles. The van der Waals surface area contributed by atoms with E-state index in [1.54, 1.807) is 24.4 Å². The van der Waals surface area contributed by atoms with E-state index in [9.17, 15) is 26.7 Å². The van der Waals surface area contributed by atoms with Gasteiger partial charge in [-0.1, -0.05) is 6.07 Å². The van der Waals surface area contributed by atoms with Crippen LogP contribution in [0.25, 0.3) is 5.69 Å². The van der Waals surface area contributed by atoms with Crippen LogP contribution in [0.3, 0.4) is 0 Å². The molecule has 0 fully saturated rings. The van der Waals surface area contributed by atoms with E-state index < -0.39 is 30.2 Å². The predicted octanol–water partition coefficient (Wildman–Crippen LogP) is 6.34. The lowest BCUT2D eigenvalue weighted by Crippen LogP contribution is -2.26. The second-order valence-electron chi connectivity index (χ2n) is 9.52. The monoisotopic (exact) mass is 572 g/mol. The van der Waals surface area contributed by atoms with Crippen LogP contribution < -0.4 is 19.1 Å². The third-order valence-corrected chi connectivity index (χ3v) is 6.82. The first-order valence-electron chi connectivity index (χ1n) is 12.5. The van der Waals surface area contributed by atoms with Crippen LogP contribution in [-0.4, -0.2) is 34.0 Å². The fraction of sp³-hybridized carbons (Fsp3) is 0.250. The first kappa shape index (κ1) is 26.5. The quantitative estimate of drug-likeness (QED) is 0.260. The Morgan fingerprint density at radius 1 is 1.10 bits per heavy atom.